The summed E-state index contributed by atoms with van der Waals surface area (Å²) in [6.07, 6.45) is -1.44. The highest BCUT2D eigenvalue weighted by atomic mass is 16.8. The lowest BCUT2D eigenvalue weighted by Gasteiger charge is -2.26. The van der Waals surface area contributed by atoms with Gasteiger partial charge in [-0.25, -0.2) is 0 Å². The average molecular weight is 741 g/mol. The van der Waals surface area contributed by atoms with Gasteiger partial charge in [0.1, 0.15) is 36.6 Å². The van der Waals surface area contributed by atoms with Crippen LogP contribution in [-0.4, -0.2) is 122 Å². The monoisotopic (exact) mass is 740 g/mol. The predicted molar refractivity (Wildman–Crippen MR) is 184 cm³/mol. The summed E-state index contributed by atoms with van der Waals surface area (Å²) in [5.41, 5.74) is 0. The minimum absolute atomic E-state index is 0.142. The molecule has 5 rings (SSSR count). The highest BCUT2D eigenvalue weighted by Crippen LogP contribution is 2.40. The van der Waals surface area contributed by atoms with Crippen LogP contribution in [-0.2, 0) is 57.1 Å². The molecule has 0 aliphatic carbocycles. The number of rotatable bonds is 0. The fourth-order valence-corrected chi connectivity index (χ4v) is 7.47. The maximum absolute atomic E-state index is 13.4. The van der Waals surface area contributed by atoms with Gasteiger partial charge < -0.3 is 59.2 Å². The maximum Gasteiger partial charge on any atom is 0.252 e. The molecule has 16 nitrogen and oxygen atoms in total. The third-order valence-electron chi connectivity index (χ3n) is 9.63. The molecule has 0 bridgehead atoms. The molecule has 5 heterocycles. The van der Waals surface area contributed by atoms with E-state index in [0.29, 0.717) is 64.5 Å². The Kier molecular flexibility index (Phi) is 12.9. The van der Waals surface area contributed by atoms with Crippen LogP contribution in [0, 0.1) is 0 Å². The van der Waals surface area contributed by atoms with E-state index in [1.807, 2.05) is 0 Å². The van der Waals surface area contributed by atoms with Gasteiger partial charge in [-0.3, -0.25) is 19.2 Å². The lowest BCUT2D eigenvalue weighted by atomic mass is 10.0. The Bertz CT molecular complexity index is 1200. The molecule has 296 valence electrons. The topological polar surface area (TPSA) is 190 Å². The van der Waals surface area contributed by atoms with Gasteiger partial charge in [0.15, 0.2) is 35.4 Å². The Hall–Kier alpha value is -2.44. The van der Waals surface area contributed by atoms with E-state index in [4.69, 9.17) is 37.9 Å². The molecule has 0 aromatic heterocycles. The normalized spacial score (nSPS) is 37.8. The Morgan fingerprint density at radius 3 is 1.15 bits per heavy atom. The van der Waals surface area contributed by atoms with Crippen molar-refractivity contribution >= 4 is 23.6 Å². The number of fused-ring (bicyclic) bond motifs is 6. The molecule has 5 fully saturated rings. The second-order valence-corrected chi connectivity index (χ2v) is 16.1. The quantitative estimate of drug-likeness (QED) is 0.282. The summed E-state index contributed by atoms with van der Waals surface area (Å²) in [5, 5.41) is 11.8. The van der Waals surface area contributed by atoms with Crippen LogP contribution in [0.3, 0.4) is 0 Å². The fourth-order valence-electron chi connectivity index (χ4n) is 7.47. The number of carbonyl (C=O) groups excluding carboxylic acids is 4. The fraction of sp³-hybridized carbons (Fsp3) is 0.889. The summed E-state index contributed by atoms with van der Waals surface area (Å²) < 4.78 is 49.2. The van der Waals surface area contributed by atoms with Crippen LogP contribution in [0.4, 0.5) is 0 Å². The summed E-state index contributed by atoms with van der Waals surface area (Å²) in [7, 11) is 0. The van der Waals surface area contributed by atoms with E-state index < -0.39 is 72.0 Å². The predicted octanol–water partition coefficient (Wildman–Crippen LogP) is 1.67. The molecule has 52 heavy (non-hydrogen) atoms. The first-order valence-electron chi connectivity index (χ1n) is 18.9. The zero-order valence-electron chi connectivity index (χ0n) is 32.0. The lowest BCUT2D eigenvalue weighted by Crippen LogP contribution is -2.51. The minimum Gasteiger partial charge on any atom is -0.354 e. The van der Waals surface area contributed by atoms with Gasteiger partial charge in [-0.1, -0.05) is 12.8 Å². The molecule has 0 unspecified atom stereocenters. The van der Waals surface area contributed by atoms with Crippen molar-refractivity contribution in [2.24, 2.45) is 0 Å². The summed E-state index contributed by atoms with van der Waals surface area (Å²) in [5.74, 6) is -4.94. The van der Waals surface area contributed by atoms with Crippen LogP contribution in [0.5, 0.6) is 0 Å². The van der Waals surface area contributed by atoms with Gasteiger partial charge in [0.05, 0.1) is 0 Å². The Balaban J connectivity index is 1.24. The molecule has 0 radical (unpaired) electrons. The molecule has 4 amide bonds. The molecular weight excluding hydrogens is 680 g/mol. The van der Waals surface area contributed by atoms with Crippen LogP contribution in [0.15, 0.2) is 0 Å². The van der Waals surface area contributed by atoms with Crippen LogP contribution in [0.25, 0.3) is 0 Å². The molecule has 0 spiro atoms. The zero-order valence-corrected chi connectivity index (χ0v) is 32.0. The molecule has 5 aliphatic rings. The highest BCUT2D eigenvalue weighted by molar-refractivity contribution is 5.82. The molecule has 0 saturated carbocycles. The Morgan fingerprint density at radius 2 is 0.769 bits per heavy atom. The molecule has 16 heteroatoms. The molecule has 4 N–H and O–H groups in total. The largest absolute Gasteiger partial charge is 0.354 e. The van der Waals surface area contributed by atoms with Crippen LogP contribution in [0.2, 0.25) is 0 Å². The number of nitrogens with one attached hydrogen (secondary N) is 4. The average Bonchev–Trinajstić information content (AvgIpc) is 3.75. The second kappa shape index (κ2) is 16.5. The van der Waals surface area contributed by atoms with Crippen LogP contribution in [0.1, 0.15) is 107 Å². The first-order chi connectivity index (χ1) is 24.3. The molecule has 8 atom stereocenters. The SMILES string of the molecule is CC1(C)O[C@@H]2[C@@H]3OC(C)(C)O[C@H]3C(=O)NCCCCCC(=O)NC[C@H]3OC(C)(C)O[C@@H]3[C@@H]3OC(C)(C)O[C@H]3C(=O)NCCCCCC(=O)NC[C@H]2O1. The van der Waals surface area contributed by atoms with Crippen molar-refractivity contribution in [1.29, 1.82) is 0 Å². The van der Waals surface area contributed by atoms with Gasteiger partial charge in [0, 0.05) is 39.0 Å². The highest BCUT2D eigenvalue weighted by Gasteiger charge is 2.57. The van der Waals surface area contributed by atoms with Gasteiger partial charge in [0.25, 0.3) is 11.8 Å². The smallest absolute Gasteiger partial charge is 0.252 e. The van der Waals surface area contributed by atoms with Crippen molar-refractivity contribution in [3.8, 4) is 0 Å². The van der Waals surface area contributed by atoms with Gasteiger partial charge in [-0.2, -0.15) is 0 Å². The third kappa shape index (κ3) is 10.8. The number of amides is 4. The van der Waals surface area contributed by atoms with Crippen molar-refractivity contribution in [3.63, 3.8) is 0 Å². The summed E-state index contributed by atoms with van der Waals surface area (Å²) in [4.78, 5) is 52.5. The third-order valence-corrected chi connectivity index (χ3v) is 9.63. The maximum atomic E-state index is 13.4. The van der Waals surface area contributed by atoms with E-state index in [1.54, 1.807) is 55.4 Å². The first kappa shape index (κ1) is 40.7. The van der Waals surface area contributed by atoms with Crippen molar-refractivity contribution in [1.82, 2.24) is 21.3 Å². The van der Waals surface area contributed by atoms with E-state index >= 15 is 0 Å². The molecule has 5 aliphatic heterocycles. The van der Waals surface area contributed by atoms with Gasteiger partial charge in [0.2, 0.25) is 11.8 Å². The van der Waals surface area contributed by atoms with Gasteiger partial charge >= 0.3 is 0 Å². The van der Waals surface area contributed by atoms with E-state index in [-0.39, 0.29) is 36.7 Å². The molecule has 5 saturated heterocycles. The lowest BCUT2D eigenvalue weighted by molar-refractivity contribution is -0.175. The zero-order chi connectivity index (χ0) is 37.9. The molecular formula is C36H60N4O12. The van der Waals surface area contributed by atoms with Crippen molar-refractivity contribution in [2.45, 2.75) is 179 Å². The van der Waals surface area contributed by atoms with Crippen molar-refractivity contribution < 1.29 is 57.1 Å². The Labute approximate surface area is 306 Å². The van der Waals surface area contributed by atoms with Gasteiger partial charge in [-0.15, -0.1) is 0 Å². The summed E-state index contributed by atoms with van der Waals surface area (Å²) in [6, 6.07) is 0. The van der Waals surface area contributed by atoms with Crippen molar-refractivity contribution in [3.05, 3.63) is 0 Å². The standard InChI is InChI=1S/C36H60N4O12/c1-33(2)45-21-19-39-23(41)15-11-9-14-18-38-32(44)30-28(50-36(7,8)52-30)26-22(46-34(3,4)48-26)20-40-24(42)16-12-10-13-17-37-31(43)29-27(25(21)47-33)49-35(5,6)51-29/h21-22,25-30H,9-20H2,1-8H3,(H,37,43)(H,38,44)(H,39,41)(H,40,42)/t21-,22-,25+,26+,27+,28+,29-,30-/m1/s1. The van der Waals surface area contributed by atoms with E-state index in [1.165, 1.54) is 0 Å². The first-order valence-corrected chi connectivity index (χ1v) is 18.9. The van der Waals surface area contributed by atoms with E-state index in [9.17, 15) is 19.2 Å². The number of hydrogen-bond acceptors (Lipinski definition) is 12. The van der Waals surface area contributed by atoms with E-state index in [0.717, 1.165) is 0 Å². The van der Waals surface area contributed by atoms with Gasteiger partial charge in [-0.05, 0) is 81.1 Å². The van der Waals surface area contributed by atoms with Crippen LogP contribution < -0.4 is 21.3 Å². The molecule has 0 aromatic rings. The number of hydrogen-bond donors (Lipinski definition) is 4. The van der Waals surface area contributed by atoms with Crippen molar-refractivity contribution in [2.75, 3.05) is 26.2 Å². The van der Waals surface area contributed by atoms with E-state index in [2.05, 4.69) is 21.3 Å². The minimum atomic E-state index is -1.04. The van der Waals surface area contributed by atoms with Crippen LogP contribution >= 0.6 is 0 Å². The Morgan fingerprint density at radius 1 is 0.423 bits per heavy atom. The second-order valence-electron chi connectivity index (χ2n) is 16.1. The summed E-state index contributed by atoms with van der Waals surface area (Å²) in [6.45, 7) is 15.2. The molecule has 0 aromatic carbocycles. The summed E-state index contributed by atoms with van der Waals surface area (Å²) >= 11 is 0. The number of ether oxygens (including phenoxy) is 8. The number of carbonyl (C=O) groups is 4.